The van der Waals surface area contributed by atoms with Crippen LogP contribution in [0.1, 0.15) is 11.1 Å². The van der Waals surface area contributed by atoms with Crippen molar-refractivity contribution in [1.82, 2.24) is 9.78 Å². The van der Waals surface area contributed by atoms with Crippen molar-refractivity contribution in [2.24, 2.45) is 7.05 Å². The van der Waals surface area contributed by atoms with E-state index in [4.69, 9.17) is 0 Å². The maximum Gasteiger partial charge on any atom is 0.573 e. The molecule has 0 saturated heterocycles. The minimum atomic E-state index is -4.69. The summed E-state index contributed by atoms with van der Waals surface area (Å²) in [6.07, 6.45) is -3.95. The van der Waals surface area contributed by atoms with Crippen LogP contribution in [0.5, 0.6) is 5.75 Å². The monoisotopic (exact) mass is 408 g/mol. The summed E-state index contributed by atoms with van der Waals surface area (Å²) >= 11 is 3.48. The Morgan fingerprint density at radius 2 is 1.84 bits per heavy atom. The number of hydrogen-bond donors (Lipinski definition) is 0. The first-order valence-corrected chi connectivity index (χ1v) is 8.32. The molecule has 0 spiro atoms. The smallest absolute Gasteiger partial charge is 0.406 e. The predicted molar refractivity (Wildman–Crippen MR) is 91.3 cm³/mol. The van der Waals surface area contributed by atoms with Gasteiger partial charge in [-0.25, -0.2) is 0 Å². The van der Waals surface area contributed by atoms with Gasteiger partial charge in [-0.15, -0.1) is 13.2 Å². The summed E-state index contributed by atoms with van der Waals surface area (Å²) in [5.74, 6) is -0.234. The standard InChI is InChI=1S/C18H12BrF3N2O/c1-24-17(10-2-5-13(6-3-10)25-18(20,21)22)15-9-11-8-12(19)4-7-14(11)16(15)23-24/h2-8H,9H2,1H3. The molecular formula is C18H12BrF3N2O. The van der Waals surface area contributed by atoms with Gasteiger partial charge in [0.25, 0.3) is 0 Å². The lowest BCUT2D eigenvalue weighted by molar-refractivity contribution is -0.274. The molecule has 1 heterocycles. The number of nitrogens with zero attached hydrogens (tertiary/aromatic N) is 2. The number of halogens is 4. The van der Waals surface area contributed by atoms with E-state index in [0.717, 1.165) is 39.0 Å². The number of ether oxygens (including phenoxy) is 1. The molecule has 1 aliphatic rings. The van der Waals surface area contributed by atoms with Crippen LogP contribution in [0.2, 0.25) is 0 Å². The molecule has 25 heavy (non-hydrogen) atoms. The van der Waals surface area contributed by atoms with Gasteiger partial charge in [0.05, 0.1) is 11.4 Å². The zero-order chi connectivity index (χ0) is 17.8. The Morgan fingerprint density at radius 1 is 1.12 bits per heavy atom. The topological polar surface area (TPSA) is 27.1 Å². The van der Waals surface area contributed by atoms with Crippen LogP contribution in [-0.4, -0.2) is 16.1 Å². The number of hydrogen-bond acceptors (Lipinski definition) is 2. The number of fused-ring (bicyclic) bond motifs is 3. The molecule has 1 aromatic heterocycles. The highest BCUT2D eigenvalue weighted by Crippen LogP contribution is 2.42. The van der Waals surface area contributed by atoms with Gasteiger partial charge >= 0.3 is 6.36 Å². The maximum absolute atomic E-state index is 12.3. The van der Waals surface area contributed by atoms with Crippen LogP contribution in [0, 0.1) is 0 Å². The molecule has 128 valence electrons. The molecule has 7 heteroatoms. The van der Waals surface area contributed by atoms with E-state index in [1.54, 1.807) is 16.8 Å². The van der Waals surface area contributed by atoms with Crippen molar-refractivity contribution in [1.29, 1.82) is 0 Å². The average molecular weight is 409 g/mol. The quantitative estimate of drug-likeness (QED) is 0.448. The number of aryl methyl sites for hydroxylation is 1. The molecule has 3 nitrogen and oxygen atoms in total. The van der Waals surface area contributed by atoms with Gasteiger partial charge in [-0.1, -0.05) is 22.0 Å². The summed E-state index contributed by atoms with van der Waals surface area (Å²) in [6.45, 7) is 0. The van der Waals surface area contributed by atoms with Crippen molar-refractivity contribution >= 4 is 15.9 Å². The molecule has 0 fully saturated rings. The third kappa shape index (κ3) is 2.93. The fourth-order valence-electron chi connectivity index (χ4n) is 3.26. The van der Waals surface area contributed by atoms with Crippen LogP contribution in [0.4, 0.5) is 13.2 Å². The molecule has 0 atom stereocenters. The molecule has 0 bridgehead atoms. The van der Waals surface area contributed by atoms with Gasteiger partial charge in [0.15, 0.2) is 0 Å². The van der Waals surface area contributed by atoms with Crippen molar-refractivity contribution in [3.8, 4) is 28.3 Å². The SMILES string of the molecule is Cn1nc2c(c1-c1ccc(OC(F)(F)F)cc1)Cc1cc(Br)ccc1-2. The van der Waals surface area contributed by atoms with E-state index in [-0.39, 0.29) is 5.75 Å². The summed E-state index contributed by atoms with van der Waals surface area (Å²) in [5.41, 5.74) is 6.00. The molecule has 0 aliphatic heterocycles. The van der Waals surface area contributed by atoms with Gasteiger partial charge in [-0.3, -0.25) is 4.68 Å². The highest BCUT2D eigenvalue weighted by molar-refractivity contribution is 9.10. The van der Waals surface area contributed by atoms with Crippen LogP contribution in [0.25, 0.3) is 22.5 Å². The Bertz CT molecular complexity index is 962. The first kappa shape index (κ1) is 16.2. The minimum Gasteiger partial charge on any atom is -0.406 e. The molecule has 1 aliphatic carbocycles. The largest absolute Gasteiger partial charge is 0.573 e. The number of alkyl halides is 3. The van der Waals surface area contributed by atoms with Crippen LogP contribution in [-0.2, 0) is 13.5 Å². The Kier molecular flexibility index (Phi) is 3.64. The van der Waals surface area contributed by atoms with E-state index < -0.39 is 6.36 Å². The van der Waals surface area contributed by atoms with E-state index in [0.29, 0.717) is 0 Å². The zero-order valence-corrected chi connectivity index (χ0v) is 14.6. The van der Waals surface area contributed by atoms with E-state index in [9.17, 15) is 13.2 Å². The van der Waals surface area contributed by atoms with Crippen molar-refractivity contribution in [2.45, 2.75) is 12.8 Å². The zero-order valence-electron chi connectivity index (χ0n) is 13.1. The Balaban J connectivity index is 1.73. The number of benzene rings is 2. The van der Waals surface area contributed by atoms with Crippen LogP contribution < -0.4 is 4.74 Å². The lowest BCUT2D eigenvalue weighted by atomic mass is 10.1. The van der Waals surface area contributed by atoms with Gasteiger partial charge in [-0.2, -0.15) is 5.10 Å². The molecule has 0 radical (unpaired) electrons. The number of aromatic nitrogens is 2. The average Bonchev–Trinajstić information content (AvgIpc) is 3.00. The molecule has 0 amide bonds. The van der Waals surface area contributed by atoms with E-state index in [1.807, 2.05) is 19.2 Å². The van der Waals surface area contributed by atoms with Gasteiger partial charge < -0.3 is 4.74 Å². The molecular weight excluding hydrogens is 397 g/mol. The van der Waals surface area contributed by atoms with Gasteiger partial charge in [-0.05, 0) is 42.0 Å². The lowest BCUT2D eigenvalue weighted by Gasteiger charge is -2.10. The third-order valence-electron chi connectivity index (χ3n) is 4.20. The molecule has 3 aromatic rings. The summed E-state index contributed by atoms with van der Waals surface area (Å²) in [7, 11) is 1.84. The normalized spacial score (nSPS) is 12.8. The van der Waals surface area contributed by atoms with Crippen LogP contribution in [0.3, 0.4) is 0 Å². The van der Waals surface area contributed by atoms with Gasteiger partial charge in [0.2, 0.25) is 0 Å². The molecule has 4 rings (SSSR count). The fraction of sp³-hybridized carbons (Fsp3) is 0.167. The summed E-state index contributed by atoms with van der Waals surface area (Å²) in [4.78, 5) is 0. The highest BCUT2D eigenvalue weighted by atomic mass is 79.9. The summed E-state index contributed by atoms with van der Waals surface area (Å²) in [5, 5.41) is 4.61. The van der Waals surface area contributed by atoms with Crippen LogP contribution in [0.15, 0.2) is 46.9 Å². The lowest BCUT2D eigenvalue weighted by Crippen LogP contribution is -2.16. The Labute approximate surface area is 150 Å². The second-order valence-electron chi connectivity index (χ2n) is 5.85. The van der Waals surface area contributed by atoms with Crippen LogP contribution >= 0.6 is 15.9 Å². The summed E-state index contributed by atoms with van der Waals surface area (Å²) in [6, 6.07) is 12.0. The van der Waals surface area contributed by atoms with E-state index >= 15 is 0 Å². The molecule has 0 saturated carbocycles. The Hall–Kier alpha value is -2.28. The second-order valence-corrected chi connectivity index (χ2v) is 6.77. The predicted octanol–water partition coefficient (Wildman–Crippen LogP) is 5.32. The molecule has 0 N–H and O–H groups in total. The first-order chi connectivity index (χ1) is 11.8. The minimum absolute atomic E-state index is 0.234. The maximum atomic E-state index is 12.3. The van der Waals surface area contributed by atoms with Crippen molar-refractivity contribution < 1.29 is 17.9 Å². The van der Waals surface area contributed by atoms with E-state index in [1.165, 1.54) is 17.7 Å². The fourth-order valence-corrected chi connectivity index (χ4v) is 3.67. The highest BCUT2D eigenvalue weighted by Gasteiger charge is 2.31. The Morgan fingerprint density at radius 3 is 2.52 bits per heavy atom. The van der Waals surface area contributed by atoms with Crippen molar-refractivity contribution in [2.75, 3.05) is 0 Å². The van der Waals surface area contributed by atoms with Crippen molar-refractivity contribution in [3.63, 3.8) is 0 Å². The van der Waals surface area contributed by atoms with Gasteiger partial charge in [0, 0.05) is 34.6 Å². The van der Waals surface area contributed by atoms with E-state index in [2.05, 4.69) is 31.8 Å². The second kappa shape index (κ2) is 5.62. The summed E-state index contributed by atoms with van der Waals surface area (Å²) < 4.78 is 43.6. The van der Waals surface area contributed by atoms with Gasteiger partial charge in [0.1, 0.15) is 5.75 Å². The number of rotatable bonds is 2. The third-order valence-corrected chi connectivity index (χ3v) is 4.69. The first-order valence-electron chi connectivity index (χ1n) is 7.53. The van der Waals surface area contributed by atoms with Crippen molar-refractivity contribution in [3.05, 3.63) is 58.1 Å². The molecule has 0 unspecified atom stereocenters. The molecule has 2 aromatic carbocycles.